The Labute approximate surface area is 143 Å². The van der Waals surface area contributed by atoms with Crippen LogP contribution >= 0.6 is 0 Å². The molecule has 3 rings (SSSR count). The molecule has 8 nitrogen and oxygen atoms in total. The van der Waals surface area contributed by atoms with Gasteiger partial charge in [-0.15, -0.1) is 0 Å². The molecule has 2 aliphatic rings. The van der Waals surface area contributed by atoms with Gasteiger partial charge in [0, 0.05) is 45.5 Å². The molecule has 2 saturated heterocycles. The number of aromatic nitrogens is 2. The Bertz CT molecular complexity index is 673. The van der Waals surface area contributed by atoms with E-state index in [1.54, 1.807) is 4.57 Å². The van der Waals surface area contributed by atoms with Crippen molar-refractivity contribution in [1.82, 2.24) is 23.7 Å². The van der Waals surface area contributed by atoms with Crippen LogP contribution < -0.4 is 0 Å². The summed E-state index contributed by atoms with van der Waals surface area (Å²) in [5.74, 6) is 0.00766. The van der Waals surface area contributed by atoms with Crippen molar-refractivity contribution in [2.75, 3.05) is 45.8 Å². The van der Waals surface area contributed by atoms with Crippen molar-refractivity contribution in [3.05, 3.63) is 12.5 Å². The van der Waals surface area contributed by atoms with Gasteiger partial charge in [0.2, 0.25) is 5.91 Å². The van der Waals surface area contributed by atoms with E-state index in [4.69, 9.17) is 0 Å². The topological polar surface area (TPSA) is 78.8 Å². The number of amides is 1. The van der Waals surface area contributed by atoms with Crippen LogP contribution in [0, 0.1) is 0 Å². The van der Waals surface area contributed by atoms with Gasteiger partial charge in [0.05, 0.1) is 6.33 Å². The Morgan fingerprint density at radius 1 is 1.12 bits per heavy atom. The van der Waals surface area contributed by atoms with Gasteiger partial charge >= 0.3 is 0 Å². The molecule has 0 atom stereocenters. The minimum absolute atomic E-state index is 0.00766. The largest absolute Gasteiger partial charge is 0.339 e. The number of piperazine rings is 1. The van der Waals surface area contributed by atoms with Gasteiger partial charge in [-0.05, 0) is 19.4 Å². The van der Waals surface area contributed by atoms with Gasteiger partial charge in [-0.1, -0.05) is 6.92 Å². The summed E-state index contributed by atoms with van der Waals surface area (Å²) in [6.45, 7) is 7.58. The Hall–Kier alpha value is -1.45. The number of carbonyl (C=O) groups excluding carboxylic acids is 1. The summed E-state index contributed by atoms with van der Waals surface area (Å²) in [5.41, 5.74) is 0. The van der Waals surface area contributed by atoms with E-state index in [0.29, 0.717) is 13.1 Å². The van der Waals surface area contributed by atoms with Crippen LogP contribution in [0.1, 0.15) is 19.8 Å². The van der Waals surface area contributed by atoms with E-state index >= 15 is 0 Å². The molecule has 0 aliphatic carbocycles. The summed E-state index contributed by atoms with van der Waals surface area (Å²) >= 11 is 0. The number of imidazole rings is 1. The predicted molar refractivity (Wildman–Crippen MR) is 88.9 cm³/mol. The van der Waals surface area contributed by atoms with E-state index in [0.717, 1.165) is 45.6 Å². The Kier molecular flexibility index (Phi) is 5.21. The number of carbonyl (C=O) groups is 1. The van der Waals surface area contributed by atoms with Crippen molar-refractivity contribution >= 4 is 15.9 Å². The Balaban J connectivity index is 1.61. The summed E-state index contributed by atoms with van der Waals surface area (Å²) < 4.78 is 27.9. The second-order valence-electron chi connectivity index (χ2n) is 6.31. The van der Waals surface area contributed by atoms with Gasteiger partial charge in [-0.2, -0.15) is 4.31 Å². The summed E-state index contributed by atoms with van der Waals surface area (Å²) in [6, 6.07) is 0. The molecular formula is C15H25N5O3S. The molecule has 24 heavy (non-hydrogen) atoms. The lowest BCUT2D eigenvalue weighted by molar-refractivity contribution is -0.133. The fourth-order valence-electron chi connectivity index (χ4n) is 3.19. The van der Waals surface area contributed by atoms with E-state index in [-0.39, 0.29) is 17.5 Å². The zero-order chi connectivity index (χ0) is 17.2. The van der Waals surface area contributed by atoms with E-state index in [2.05, 4.69) is 16.8 Å². The lowest BCUT2D eigenvalue weighted by atomic mass is 10.3. The minimum Gasteiger partial charge on any atom is -0.339 e. The first kappa shape index (κ1) is 17.4. The lowest BCUT2D eigenvalue weighted by Crippen LogP contribution is -2.49. The van der Waals surface area contributed by atoms with Crippen LogP contribution in [0.5, 0.6) is 0 Å². The average Bonchev–Trinajstić information content (AvgIpc) is 3.27. The number of likely N-dealkylation sites (N-methyl/N-ethyl adjacent to an activating group) is 1. The van der Waals surface area contributed by atoms with Crippen LogP contribution in [-0.4, -0.2) is 83.8 Å². The molecular weight excluding hydrogens is 330 g/mol. The fraction of sp³-hybridized carbons (Fsp3) is 0.733. The molecule has 134 valence electrons. The molecule has 0 aromatic carbocycles. The van der Waals surface area contributed by atoms with Gasteiger partial charge in [0.15, 0.2) is 5.03 Å². The van der Waals surface area contributed by atoms with Crippen molar-refractivity contribution in [3.63, 3.8) is 0 Å². The summed E-state index contributed by atoms with van der Waals surface area (Å²) in [5, 5.41) is 0.0352. The molecule has 2 aliphatic heterocycles. The van der Waals surface area contributed by atoms with Crippen LogP contribution in [0.15, 0.2) is 17.6 Å². The zero-order valence-electron chi connectivity index (χ0n) is 14.1. The standard InChI is InChI=1S/C15H25N5O3S/c1-2-17-7-9-19(10-8-17)15(21)12-18-11-14(16-13-18)24(22,23)20-5-3-4-6-20/h11,13H,2-10,12H2,1H3. The van der Waals surface area contributed by atoms with Gasteiger partial charge in [0.1, 0.15) is 6.54 Å². The monoisotopic (exact) mass is 355 g/mol. The number of hydrogen-bond acceptors (Lipinski definition) is 5. The van der Waals surface area contributed by atoms with Crippen LogP contribution in [0.4, 0.5) is 0 Å². The third-order valence-corrected chi connectivity index (χ3v) is 6.55. The fourth-order valence-corrected chi connectivity index (χ4v) is 4.64. The highest BCUT2D eigenvalue weighted by molar-refractivity contribution is 7.89. The Morgan fingerprint density at radius 3 is 2.42 bits per heavy atom. The van der Waals surface area contributed by atoms with Crippen molar-refractivity contribution in [3.8, 4) is 0 Å². The second kappa shape index (κ2) is 7.20. The highest BCUT2D eigenvalue weighted by Gasteiger charge is 2.29. The Morgan fingerprint density at radius 2 is 1.79 bits per heavy atom. The maximum absolute atomic E-state index is 12.5. The van der Waals surface area contributed by atoms with Crippen LogP contribution in [-0.2, 0) is 21.4 Å². The van der Waals surface area contributed by atoms with E-state index in [9.17, 15) is 13.2 Å². The molecule has 1 aromatic rings. The third-order valence-electron chi connectivity index (χ3n) is 4.77. The summed E-state index contributed by atoms with van der Waals surface area (Å²) in [4.78, 5) is 20.5. The predicted octanol–water partition coefficient (Wildman–Crippen LogP) is -0.168. The number of nitrogens with zero attached hydrogens (tertiary/aromatic N) is 5. The van der Waals surface area contributed by atoms with Crippen LogP contribution in [0.25, 0.3) is 0 Å². The highest BCUT2D eigenvalue weighted by atomic mass is 32.2. The molecule has 0 N–H and O–H groups in total. The summed E-state index contributed by atoms with van der Waals surface area (Å²) in [7, 11) is -3.52. The summed E-state index contributed by atoms with van der Waals surface area (Å²) in [6.07, 6.45) is 4.68. The average molecular weight is 355 g/mol. The number of sulfonamides is 1. The zero-order valence-corrected chi connectivity index (χ0v) is 14.9. The van der Waals surface area contributed by atoms with E-state index in [1.165, 1.54) is 16.8 Å². The second-order valence-corrected chi connectivity index (χ2v) is 8.20. The quantitative estimate of drug-likeness (QED) is 0.733. The van der Waals surface area contributed by atoms with Gasteiger partial charge in [-0.3, -0.25) is 4.79 Å². The third kappa shape index (κ3) is 3.62. The maximum atomic E-state index is 12.5. The molecule has 0 radical (unpaired) electrons. The minimum atomic E-state index is -3.52. The van der Waals surface area contributed by atoms with Crippen LogP contribution in [0.2, 0.25) is 0 Å². The molecule has 0 bridgehead atoms. The first-order valence-electron chi connectivity index (χ1n) is 8.53. The normalized spacial score (nSPS) is 20.6. The van der Waals surface area contributed by atoms with Crippen molar-refractivity contribution in [2.45, 2.75) is 31.3 Å². The van der Waals surface area contributed by atoms with Crippen molar-refractivity contribution < 1.29 is 13.2 Å². The van der Waals surface area contributed by atoms with Crippen LogP contribution in [0.3, 0.4) is 0 Å². The molecule has 2 fully saturated rings. The lowest BCUT2D eigenvalue weighted by Gasteiger charge is -2.34. The molecule has 0 unspecified atom stereocenters. The first-order valence-corrected chi connectivity index (χ1v) is 9.97. The molecule has 1 amide bonds. The number of rotatable bonds is 5. The molecule has 9 heteroatoms. The molecule has 1 aromatic heterocycles. The maximum Gasteiger partial charge on any atom is 0.262 e. The molecule has 0 saturated carbocycles. The molecule has 3 heterocycles. The number of hydrogen-bond donors (Lipinski definition) is 0. The van der Waals surface area contributed by atoms with E-state index in [1.807, 2.05) is 4.90 Å². The van der Waals surface area contributed by atoms with Gasteiger partial charge in [0.25, 0.3) is 10.0 Å². The van der Waals surface area contributed by atoms with E-state index < -0.39 is 10.0 Å². The van der Waals surface area contributed by atoms with Gasteiger partial charge in [-0.25, -0.2) is 13.4 Å². The van der Waals surface area contributed by atoms with Crippen molar-refractivity contribution in [2.24, 2.45) is 0 Å². The SMILES string of the molecule is CCN1CCN(C(=O)Cn2cnc(S(=O)(=O)N3CCCC3)c2)CC1. The molecule has 0 spiro atoms. The highest BCUT2D eigenvalue weighted by Crippen LogP contribution is 2.19. The van der Waals surface area contributed by atoms with Gasteiger partial charge < -0.3 is 14.4 Å². The first-order chi connectivity index (χ1) is 11.5. The smallest absolute Gasteiger partial charge is 0.262 e. The van der Waals surface area contributed by atoms with Crippen molar-refractivity contribution in [1.29, 1.82) is 0 Å².